The van der Waals surface area contributed by atoms with Gasteiger partial charge in [0.25, 0.3) is 0 Å². The van der Waals surface area contributed by atoms with Crippen LogP contribution in [-0.2, 0) is 16.1 Å². The predicted molar refractivity (Wildman–Crippen MR) is 54.0 cm³/mol. The van der Waals surface area contributed by atoms with Crippen LogP contribution in [-0.4, -0.2) is 18.9 Å². The average molecular weight is 208 g/mol. The lowest BCUT2D eigenvalue weighted by atomic mass is 10.2. The summed E-state index contributed by atoms with van der Waals surface area (Å²) in [7, 11) is 1.56. The molecular formula is C10H12N2O3. The Morgan fingerprint density at radius 3 is 2.80 bits per heavy atom. The van der Waals surface area contributed by atoms with Crippen LogP contribution in [0, 0.1) is 0 Å². The number of hydrogen-bond acceptors (Lipinski definition) is 3. The van der Waals surface area contributed by atoms with Crippen LogP contribution in [0.4, 0.5) is 0 Å². The van der Waals surface area contributed by atoms with Crippen molar-refractivity contribution >= 4 is 11.8 Å². The molecule has 80 valence electrons. The molecule has 2 amide bonds. The number of nitrogens with one attached hydrogen (secondary N) is 1. The van der Waals surface area contributed by atoms with E-state index in [1.807, 2.05) is 6.07 Å². The lowest BCUT2D eigenvalue weighted by molar-refractivity contribution is -0.137. The summed E-state index contributed by atoms with van der Waals surface area (Å²) in [5.74, 6) is -1.09. The molecule has 0 saturated carbocycles. The maximum Gasteiger partial charge on any atom is 0.309 e. The van der Waals surface area contributed by atoms with E-state index in [1.54, 1.807) is 25.3 Å². The van der Waals surface area contributed by atoms with E-state index in [9.17, 15) is 9.59 Å². The van der Waals surface area contributed by atoms with Gasteiger partial charge in [-0.15, -0.1) is 0 Å². The van der Waals surface area contributed by atoms with Crippen LogP contribution < -0.4 is 15.8 Å². The second kappa shape index (κ2) is 4.99. The molecule has 5 nitrogen and oxygen atoms in total. The predicted octanol–water partition coefficient (Wildman–Crippen LogP) is -0.203. The van der Waals surface area contributed by atoms with E-state index in [-0.39, 0.29) is 6.54 Å². The van der Waals surface area contributed by atoms with Gasteiger partial charge >= 0.3 is 11.8 Å². The highest BCUT2D eigenvalue weighted by Crippen LogP contribution is 2.11. The van der Waals surface area contributed by atoms with Crippen LogP contribution in [0.25, 0.3) is 0 Å². The Bertz CT molecular complexity index is 377. The largest absolute Gasteiger partial charge is 0.497 e. The molecule has 0 spiro atoms. The SMILES string of the molecule is COc1cccc(CNC(=O)C(N)=O)c1. The molecule has 0 heterocycles. The van der Waals surface area contributed by atoms with Gasteiger partial charge in [0, 0.05) is 6.54 Å². The summed E-state index contributed by atoms with van der Waals surface area (Å²) in [4.78, 5) is 21.3. The first-order chi connectivity index (χ1) is 7.13. The summed E-state index contributed by atoms with van der Waals surface area (Å²) < 4.78 is 5.00. The molecule has 0 aliphatic rings. The summed E-state index contributed by atoms with van der Waals surface area (Å²) in [5.41, 5.74) is 5.62. The molecule has 0 unspecified atom stereocenters. The molecule has 0 atom stereocenters. The molecule has 0 bridgehead atoms. The number of benzene rings is 1. The lowest BCUT2D eigenvalue weighted by Gasteiger charge is -2.04. The van der Waals surface area contributed by atoms with Crippen molar-refractivity contribution in [2.24, 2.45) is 5.73 Å². The van der Waals surface area contributed by atoms with E-state index in [2.05, 4.69) is 5.32 Å². The molecule has 3 N–H and O–H groups in total. The summed E-state index contributed by atoms with van der Waals surface area (Å²) in [6.07, 6.45) is 0. The first-order valence-electron chi connectivity index (χ1n) is 4.34. The molecule has 0 aliphatic carbocycles. The minimum atomic E-state index is -0.988. The van der Waals surface area contributed by atoms with Gasteiger partial charge in [0.05, 0.1) is 7.11 Å². The standard InChI is InChI=1S/C10H12N2O3/c1-15-8-4-2-3-7(5-8)6-12-10(14)9(11)13/h2-5H,6H2,1H3,(H2,11,13)(H,12,14). The van der Waals surface area contributed by atoms with E-state index in [1.165, 1.54) is 0 Å². The quantitative estimate of drug-likeness (QED) is 0.675. The van der Waals surface area contributed by atoms with Crippen molar-refractivity contribution in [1.82, 2.24) is 5.32 Å². The second-order valence-corrected chi connectivity index (χ2v) is 2.90. The zero-order valence-corrected chi connectivity index (χ0v) is 8.32. The van der Waals surface area contributed by atoms with Crippen LogP contribution in [0.1, 0.15) is 5.56 Å². The van der Waals surface area contributed by atoms with E-state index in [0.29, 0.717) is 5.75 Å². The van der Waals surface area contributed by atoms with Gasteiger partial charge in [0.2, 0.25) is 0 Å². The minimum Gasteiger partial charge on any atom is -0.497 e. The normalized spacial score (nSPS) is 9.40. The molecule has 0 aliphatic heterocycles. The van der Waals surface area contributed by atoms with Crippen molar-refractivity contribution in [2.75, 3.05) is 7.11 Å². The Balaban J connectivity index is 2.57. The van der Waals surface area contributed by atoms with Crippen LogP contribution in [0.5, 0.6) is 5.75 Å². The van der Waals surface area contributed by atoms with Crippen molar-refractivity contribution < 1.29 is 14.3 Å². The highest BCUT2D eigenvalue weighted by atomic mass is 16.5. The van der Waals surface area contributed by atoms with Gasteiger partial charge in [-0.05, 0) is 17.7 Å². The Hall–Kier alpha value is -2.04. The van der Waals surface area contributed by atoms with Gasteiger partial charge in [0.1, 0.15) is 5.75 Å². The third kappa shape index (κ3) is 3.30. The summed E-state index contributed by atoms with van der Waals surface area (Å²) >= 11 is 0. The average Bonchev–Trinajstić information content (AvgIpc) is 2.26. The zero-order valence-electron chi connectivity index (χ0n) is 8.32. The van der Waals surface area contributed by atoms with E-state index >= 15 is 0 Å². The number of primary amides is 1. The number of carbonyl (C=O) groups is 2. The van der Waals surface area contributed by atoms with Gasteiger partial charge in [-0.1, -0.05) is 12.1 Å². The molecular weight excluding hydrogens is 196 g/mol. The monoisotopic (exact) mass is 208 g/mol. The molecule has 0 saturated heterocycles. The van der Waals surface area contributed by atoms with E-state index < -0.39 is 11.8 Å². The third-order valence-electron chi connectivity index (χ3n) is 1.81. The molecule has 1 aromatic rings. The van der Waals surface area contributed by atoms with E-state index in [4.69, 9.17) is 10.5 Å². The van der Waals surface area contributed by atoms with Gasteiger partial charge < -0.3 is 15.8 Å². The van der Waals surface area contributed by atoms with Crippen LogP contribution >= 0.6 is 0 Å². The number of nitrogens with two attached hydrogens (primary N) is 1. The Kier molecular flexibility index (Phi) is 3.68. The molecule has 0 radical (unpaired) electrons. The van der Waals surface area contributed by atoms with Crippen molar-refractivity contribution in [3.63, 3.8) is 0 Å². The summed E-state index contributed by atoms with van der Waals surface area (Å²) in [6, 6.07) is 7.16. The zero-order chi connectivity index (χ0) is 11.3. The summed E-state index contributed by atoms with van der Waals surface area (Å²) in [5, 5.41) is 2.38. The third-order valence-corrected chi connectivity index (χ3v) is 1.81. The highest BCUT2D eigenvalue weighted by molar-refractivity contribution is 6.34. The fourth-order valence-electron chi connectivity index (χ4n) is 1.05. The Labute approximate surface area is 87.2 Å². The number of ether oxygens (including phenoxy) is 1. The lowest BCUT2D eigenvalue weighted by Crippen LogP contribution is -2.35. The topological polar surface area (TPSA) is 81.4 Å². The van der Waals surface area contributed by atoms with Crippen LogP contribution in [0.2, 0.25) is 0 Å². The fourth-order valence-corrected chi connectivity index (χ4v) is 1.05. The Morgan fingerprint density at radius 2 is 2.20 bits per heavy atom. The number of amides is 2. The van der Waals surface area contributed by atoms with Crippen LogP contribution in [0.3, 0.4) is 0 Å². The fraction of sp³-hybridized carbons (Fsp3) is 0.200. The molecule has 15 heavy (non-hydrogen) atoms. The van der Waals surface area contributed by atoms with Gasteiger partial charge in [-0.3, -0.25) is 9.59 Å². The van der Waals surface area contributed by atoms with Crippen molar-refractivity contribution in [2.45, 2.75) is 6.54 Å². The van der Waals surface area contributed by atoms with Crippen molar-refractivity contribution in [3.8, 4) is 5.75 Å². The van der Waals surface area contributed by atoms with Gasteiger partial charge in [-0.2, -0.15) is 0 Å². The maximum atomic E-state index is 10.9. The van der Waals surface area contributed by atoms with E-state index in [0.717, 1.165) is 5.56 Å². The first-order valence-corrected chi connectivity index (χ1v) is 4.34. The minimum absolute atomic E-state index is 0.249. The van der Waals surface area contributed by atoms with Crippen molar-refractivity contribution in [3.05, 3.63) is 29.8 Å². The molecule has 1 aromatic carbocycles. The maximum absolute atomic E-state index is 10.9. The van der Waals surface area contributed by atoms with Crippen molar-refractivity contribution in [1.29, 1.82) is 0 Å². The molecule has 0 fully saturated rings. The molecule has 0 aromatic heterocycles. The first kappa shape index (κ1) is 11.0. The Morgan fingerprint density at radius 1 is 1.47 bits per heavy atom. The number of methoxy groups -OCH3 is 1. The van der Waals surface area contributed by atoms with Gasteiger partial charge in [-0.25, -0.2) is 0 Å². The van der Waals surface area contributed by atoms with Crippen LogP contribution in [0.15, 0.2) is 24.3 Å². The summed E-state index contributed by atoms with van der Waals surface area (Å²) in [6.45, 7) is 0.249. The van der Waals surface area contributed by atoms with Gasteiger partial charge in [0.15, 0.2) is 0 Å². The molecule has 1 rings (SSSR count). The number of rotatable bonds is 3. The smallest absolute Gasteiger partial charge is 0.309 e. The number of hydrogen-bond donors (Lipinski definition) is 2. The second-order valence-electron chi connectivity index (χ2n) is 2.90. The molecule has 5 heteroatoms. The number of carbonyl (C=O) groups excluding carboxylic acids is 2. The highest BCUT2D eigenvalue weighted by Gasteiger charge is 2.07.